The molecule has 2 aromatic rings. The zero-order chi connectivity index (χ0) is 21.3. The highest BCUT2D eigenvalue weighted by Crippen LogP contribution is 2.46. The zero-order valence-electron chi connectivity index (χ0n) is 17.1. The fraction of sp³-hybridized carbons (Fsp3) is 0.320. The summed E-state index contributed by atoms with van der Waals surface area (Å²) in [5.41, 5.74) is 4.14. The minimum absolute atomic E-state index is 0.0515. The van der Waals surface area contributed by atoms with E-state index in [2.05, 4.69) is 12.1 Å². The predicted molar refractivity (Wildman–Crippen MR) is 118 cm³/mol. The lowest BCUT2D eigenvalue weighted by Crippen LogP contribution is -2.38. The van der Waals surface area contributed by atoms with Crippen molar-refractivity contribution in [2.45, 2.75) is 38.5 Å². The van der Waals surface area contributed by atoms with Gasteiger partial charge in [0.2, 0.25) is 0 Å². The van der Waals surface area contributed by atoms with Crippen LogP contribution in [-0.4, -0.2) is 24.1 Å². The van der Waals surface area contributed by atoms with Gasteiger partial charge in [0, 0.05) is 34.3 Å². The third-order valence-electron chi connectivity index (χ3n) is 5.93. The van der Waals surface area contributed by atoms with E-state index >= 15 is 0 Å². The molecule has 0 saturated heterocycles. The molecule has 5 heteroatoms. The van der Waals surface area contributed by atoms with Crippen molar-refractivity contribution in [1.29, 1.82) is 0 Å². The summed E-state index contributed by atoms with van der Waals surface area (Å²) in [5, 5.41) is 0.612. The van der Waals surface area contributed by atoms with Crippen LogP contribution in [-0.2, 0) is 14.3 Å². The molecule has 1 aliphatic heterocycles. The molecular formula is C25H24ClNO3. The van der Waals surface area contributed by atoms with E-state index in [-0.39, 0.29) is 24.3 Å². The number of hydrogen-bond acceptors (Lipinski definition) is 4. The van der Waals surface area contributed by atoms with Crippen LogP contribution in [0.15, 0.2) is 70.9 Å². The van der Waals surface area contributed by atoms with Crippen LogP contribution >= 0.6 is 11.6 Å². The van der Waals surface area contributed by atoms with Crippen LogP contribution in [0.3, 0.4) is 0 Å². The van der Waals surface area contributed by atoms with Crippen molar-refractivity contribution in [1.82, 2.24) is 0 Å². The smallest absolute Gasteiger partial charge is 0.315 e. The molecule has 0 radical (unpaired) electrons. The zero-order valence-corrected chi connectivity index (χ0v) is 17.9. The second-order valence-corrected chi connectivity index (χ2v) is 8.25. The van der Waals surface area contributed by atoms with E-state index in [9.17, 15) is 9.59 Å². The van der Waals surface area contributed by atoms with Gasteiger partial charge in [0.1, 0.15) is 5.92 Å². The fourth-order valence-corrected chi connectivity index (χ4v) is 4.71. The number of carbonyl (C=O) groups excluding carboxylic acids is 2. The van der Waals surface area contributed by atoms with Crippen LogP contribution in [0.25, 0.3) is 0 Å². The Morgan fingerprint density at radius 1 is 1.07 bits per heavy atom. The van der Waals surface area contributed by atoms with Crippen LogP contribution in [0.4, 0.5) is 0 Å². The number of ether oxygens (including phenoxy) is 1. The van der Waals surface area contributed by atoms with E-state index in [0.29, 0.717) is 29.1 Å². The largest absolute Gasteiger partial charge is 0.465 e. The summed E-state index contributed by atoms with van der Waals surface area (Å²) in [5.74, 6) is -1.21. The van der Waals surface area contributed by atoms with Crippen LogP contribution < -0.4 is 0 Å². The molecule has 0 saturated carbocycles. The van der Waals surface area contributed by atoms with Gasteiger partial charge in [-0.15, -0.1) is 0 Å². The Hall–Kier alpha value is -2.72. The second-order valence-electron chi connectivity index (χ2n) is 7.81. The lowest BCUT2D eigenvalue weighted by molar-refractivity contribution is -0.146. The third-order valence-corrected chi connectivity index (χ3v) is 6.18. The van der Waals surface area contributed by atoms with Crippen molar-refractivity contribution < 1.29 is 14.3 Å². The van der Waals surface area contributed by atoms with Gasteiger partial charge in [-0.05, 0) is 49.4 Å². The maximum atomic E-state index is 13.4. The molecule has 0 N–H and O–H groups in total. The molecule has 30 heavy (non-hydrogen) atoms. The lowest BCUT2D eigenvalue weighted by atomic mass is 9.69. The average Bonchev–Trinajstić information content (AvgIpc) is 2.74. The van der Waals surface area contributed by atoms with Gasteiger partial charge < -0.3 is 4.74 Å². The summed E-state index contributed by atoms with van der Waals surface area (Å²) in [6.45, 7) is 3.92. The van der Waals surface area contributed by atoms with Crippen LogP contribution in [0, 0.1) is 5.92 Å². The summed E-state index contributed by atoms with van der Waals surface area (Å²) in [4.78, 5) is 31.0. The summed E-state index contributed by atoms with van der Waals surface area (Å²) in [7, 11) is 0. The van der Waals surface area contributed by atoms with Gasteiger partial charge in [-0.3, -0.25) is 14.6 Å². The van der Waals surface area contributed by atoms with E-state index in [1.165, 1.54) is 0 Å². The maximum absolute atomic E-state index is 13.4. The highest BCUT2D eigenvalue weighted by molar-refractivity contribution is 6.30. The monoisotopic (exact) mass is 421 g/mol. The first-order chi connectivity index (χ1) is 14.5. The van der Waals surface area contributed by atoms with E-state index in [1.807, 2.05) is 37.3 Å². The van der Waals surface area contributed by atoms with Gasteiger partial charge in [-0.1, -0.05) is 54.1 Å². The molecular weight excluding hydrogens is 398 g/mol. The second kappa shape index (κ2) is 8.57. The van der Waals surface area contributed by atoms with Gasteiger partial charge in [-0.2, -0.15) is 0 Å². The lowest BCUT2D eigenvalue weighted by Gasteiger charge is -2.36. The first kappa shape index (κ1) is 20.5. The van der Waals surface area contributed by atoms with E-state index < -0.39 is 11.8 Å². The van der Waals surface area contributed by atoms with Crippen molar-refractivity contribution in [3.63, 3.8) is 0 Å². The molecule has 4 rings (SSSR count). The standard InChI is InChI=1S/C25H24ClNO3/c1-3-30-25(29)22-15(2)27-20-13-18(16-7-5-4-6-8-16)14-21(28)24(20)23(22)17-9-11-19(26)12-10-17/h4-12,18,22-23H,3,13-14H2,1-2H3/t18-,22?,23-/m0/s1. The van der Waals surface area contributed by atoms with Gasteiger partial charge in [0.15, 0.2) is 5.78 Å². The van der Waals surface area contributed by atoms with Crippen LogP contribution in [0.2, 0.25) is 5.02 Å². The number of carbonyl (C=O) groups is 2. The van der Waals surface area contributed by atoms with Crippen LogP contribution in [0.1, 0.15) is 49.7 Å². The Kier molecular flexibility index (Phi) is 5.87. The molecule has 154 valence electrons. The van der Waals surface area contributed by atoms with Gasteiger partial charge in [0.05, 0.1) is 6.61 Å². The Morgan fingerprint density at radius 2 is 1.77 bits per heavy atom. The number of halogens is 1. The summed E-state index contributed by atoms with van der Waals surface area (Å²) in [6, 6.07) is 17.4. The highest BCUT2D eigenvalue weighted by atomic mass is 35.5. The molecule has 0 fully saturated rings. The van der Waals surface area contributed by atoms with Crippen molar-refractivity contribution in [2.24, 2.45) is 10.9 Å². The van der Waals surface area contributed by atoms with Crippen molar-refractivity contribution >= 4 is 29.1 Å². The van der Waals surface area contributed by atoms with Crippen LogP contribution in [0.5, 0.6) is 0 Å². The molecule has 4 nitrogen and oxygen atoms in total. The van der Waals surface area contributed by atoms with Gasteiger partial charge >= 0.3 is 5.97 Å². The minimum atomic E-state index is -0.609. The molecule has 3 atom stereocenters. The molecule has 0 amide bonds. The number of allylic oxidation sites excluding steroid dienone is 2. The number of aliphatic imine (C=N–C) groups is 1. The third kappa shape index (κ3) is 3.84. The Bertz CT molecular complexity index is 1020. The summed E-state index contributed by atoms with van der Waals surface area (Å²) < 4.78 is 5.35. The SMILES string of the molecule is CCOC(=O)C1C(C)=NC2=C(C(=O)C[C@@H](c3ccccc3)C2)[C@H]1c1ccc(Cl)cc1. The number of Topliss-reactive ketones (excluding diaryl/α,β-unsaturated/α-hetero) is 1. The Labute approximate surface area is 181 Å². The number of esters is 1. The topological polar surface area (TPSA) is 55.7 Å². The maximum Gasteiger partial charge on any atom is 0.315 e. The normalized spacial score (nSPS) is 23.6. The molecule has 0 bridgehead atoms. The van der Waals surface area contributed by atoms with E-state index in [0.717, 1.165) is 16.8 Å². The first-order valence-electron chi connectivity index (χ1n) is 10.3. The van der Waals surface area contributed by atoms with E-state index in [1.54, 1.807) is 19.1 Å². The average molecular weight is 422 g/mol. The summed E-state index contributed by atoms with van der Waals surface area (Å²) >= 11 is 6.09. The quantitative estimate of drug-likeness (QED) is 0.614. The van der Waals surface area contributed by atoms with Gasteiger partial charge in [0.25, 0.3) is 0 Å². The minimum Gasteiger partial charge on any atom is -0.465 e. The number of hydrogen-bond donors (Lipinski definition) is 0. The number of rotatable bonds is 4. The number of benzene rings is 2. The molecule has 2 aromatic carbocycles. The molecule has 1 unspecified atom stereocenters. The molecule has 0 spiro atoms. The van der Waals surface area contributed by atoms with Crippen molar-refractivity contribution in [3.8, 4) is 0 Å². The predicted octanol–water partition coefficient (Wildman–Crippen LogP) is 5.48. The number of nitrogens with zero attached hydrogens (tertiary/aromatic N) is 1. The highest BCUT2D eigenvalue weighted by Gasteiger charge is 2.44. The summed E-state index contributed by atoms with van der Waals surface area (Å²) in [6.07, 6.45) is 1.10. The first-order valence-corrected chi connectivity index (χ1v) is 10.7. The fourth-order valence-electron chi connectivity index (χ4n) is 4.59. The molecule has 1 aliphatic carbocycles. The van der Waals surface area contributed by atoms with Gasteiger partial charge in [-0.25, -0.2) is 0 Å². The molecule has 2 aliphatic rings. The number of ketones is 1. The molecule has 0 aromatic heterocycles. The Balaban J connectivity index is 1.80. The van der Waals surface area contributed by atoms with Crippen molar-refractivity contribution in [2.75, 3.05) is 6.61 Å². The van der Waals surface area contributed by atoms with E-state index in [4.69, 9.17) is 21.3 Å². The Morgan fingerprint density at radius 3 is 2.43 bits per heavy atom. The molecule has 1 heterocycles. The van der Waals surface area contributed by atoms with Crippen molar-refractivity contribution in [3.05, 3.63) is 82.0 Å².